The van der Waals surface area contributed by atoms with E-state index in [9.17, 15) is 19.2 Å². The molecule has 16 heteroatoms. The van der Waals surface area contributed by atoms with Crippen LogP contribution < -0.4 is 18.9 Å². The number of carbonyl (C=O) groups is 4. The molecule has 0 N–H and O–H groups in total. The number of rotatable bonds is 28. The Morgan fingerprint density at radius 1 is 0.354 bits per heavy atom. The predicted octanol–water partition coefficient (Wildman–Crippen LogP) is 7.69. The molecule has 5 aromatic carbocycles. The molecule has 0 heterocycles. The van der Waals surface area contributed by atoms with E-state index in [1.54, 1.807) is 118 Å². The number of para-hydroxylation sites is 1. The van der Waals surface area contributed by atoms with Crippen LogP contribution in [-0.2, 0) is 37.9 Å². The van der Waals surface area contributed by atoms with Crippen LogP contribution in [0.4, 0.5) is 0 Å². The van der Waals surface area contributed by atoms with Gasteiger partial charge in [-0.15, -0.1) is 0 Å². The second-order valence-corrected chi connectivity index (χ2v) is 14.1. The monoisotopic (exact) mass is 896 g/mol. The lowest BCUT2D eigenvalue weighted by Crippen LogP contribution is -2.21. The molecule has 344 valence electrons. The minimum absolute atomic E-state index is 0.0172. The highest BCUT2D eigenvalue weighted by Gasteiger charge is 2.15. The second kappa shape index (κ2) is 27.3. The van der Waals surface area contributed by atoms with Crippen molar-refractivity contribution in [3.8, 4) is 23.0 Å². The molecule has 3 unspecified atom stereocenters. The maximum Gasteiger partial charge on any atom is 0.338 e. The average molecular weight is 897 g/mol. The molecule has 0 bridgehead atoms. The van der Waals surface area contributed by atoms with E-state index >= 15 is 0 Å². The molecule has 0 aromatic heterocycles. The van der Waals surface area contributed by atoms with Crippen molar-refractivity contribution in [3.63, 3.8) is 0 Å². The molecule has 0 saturated heterocycles. The molecule has 0 saturated carbocycles. The first-order valence-corrected chi connectivity index (χ1v) is 20.7. The Morgan fingerprint density at radius 2 is 0.662 bits per heavy atom. The van der Waals surface area contributed by atoms with E-state index in [0.29, 0.717) is 45.3 Å². The lowest BCUT2D eigenvalue weighted by molar-refractivity contribution is -0.0548. The number of carbonyl (C=O) groups excluding carboxylic acids is 4. The Morgan fingerprint density at radius 3 is 1.05 bits per heavy atom. The van der Waals surface area contributed by atoms with E-state index in [4.69, 9.17) is 56.8 Å². The van der Waals surface area contributed by atoms with Crippen molar-refractivity contribution in [3.05, 3.63) is 156 Å². The van der Waals surface area contributed by atoms with E-state index in [1.807, 2.05) is 36.4 Å². The van der Waals surface area contributed by atoms with Crippen molar-refractivity contribution in [2.75, 3.05) is 60.2 Å². The summed E-state index contributed by atoms with van der Waals surface area (Å²) in [7, 11) is 0. The SMILES string of the molecule is CC(COC(=O)c1ccccc1)OCOc1ccc(C(=O)OCC(C)OCOc2ccc(C(=O)OCC(C)OCOc3ccc(C(=O)OCCOCOc4ccccc4)cc3)cc2)cc1. The summed E-state index contributed by atoms with van der Waals surface area (Å²) in [5.74, 6) is 0.0709. The van der Waals surface area contributed by atoms with Gasteiger partial charge in [0.15, 0.2) is 27.2 Å². The number of benzene rings is 5. The van der Waals surface area contributed by atoms with Gasteiger partial charge in [-0.2, -0.15) is 0 Å². The van der Waals surface area contributed by atoms with Crippen molar-refractivity contribution in [1.29, 1.82) is 0 Å². The van der Waals surface area contributed by atoms with Crippen LogP contribution in [0.25, 0.3) is 0 Å². The van der Waals surface area contributed by atoms with Crippen LogP contribution in [-0.4, -0.2) is 102 Å². The molecule has 3 atom stereocenters. The highest BCUT2D eigenvalue weighted by atomic mass is 16.7. The lowest BCUT2D eigenvalue weighted by Gasteiger charge is -2.15. The van der Waals surface area contributed by atoms with Crippen molar-refractivity contribution in [2.24, 2.45) is 0 Å². The van der Waals surface area contributed by atoms with Gasteiger partial charge in [0.1, 0.15) is 49.4 Å². The topological polar surface area (TPSA) is 179 Å². The third-order valence-electron chi connectivity index (χ3n) is 8.87. The van der Waals surface area contributed by atoms with Gasteiger partial charge in [-0.25, -0.2) is 19.2 Å². The van der Waals surface area contributed by atoms with Crippen molar-refractivity contribution >= 4 is 23.9 Å². The molecular formula is C49H52O16. The number of hydrogen-bond donors (Lipinski definition) is 0. The van der Waals surface area contributed by atoms with E-state index in [-0.39, 0.29) is 60.2 Å². The standard InChI is InChI=1S/C49H52O16/c1-35(28-56-47(51)38-10-6-4-7-11-38)59-32-64-44-22-16-40(17-23-44)49(53)58-30-37(3)61-34-65-45-24-18-41(19-25-45)48(52)57-29-36(2)60-33-63-43-20-14-39(15-21-43)46(50)55-27-26-54-31-62-42-12-8-5-9-13-42/h4-25,35-37H,26-34H2,1-3H3. The van der Waals surface area contributed by atoms with E-state index in [0.717, 1.165) is 0 Å². The van der Waals surface area contributed by atoms with Crippen molar-refractivity contribution < 1.29 is 76.0 Å². The zero-order valence-corrected chi connectivity index (χ0v) is 36.3. The Bertz CT molecular complexity index is 2170. The first kappa shape index (κ1) is 49.0. The molecule has 0 radical (unpaired) electrons. The summed E-state index contributed by atoms with van der Waals surface area (Å²) in [6.45, 7) is 5.24. The third-order valence-corrected chi connectivity index (χ3v) is 8.87. The number of ether oxygens (including phenoxy) is 12. The van der Waals surface area contributed by atoms with Crippen LogP contribution in [0.15, 0.2) is 133 Å². The van der Waals surface area contributed by atoms with Gasteiger partial charge in [0.05, 0.1) is 47.2 Å². The quantitative estimate of drug-likeness (QED) is 0.0206. The maximum atomic E-state index is 12.6. The van der Waals surface area contributed by atoms with Gasteiger partial charge in [0.2, 0.25) is 0 Å². The highest BCUT2D eigenvalue weighted by Crippen LogP contribution is 2.17. The molecule has 0 spiro atoms. The van der Waals surface area contributed by atoms with E-state index < -0.39 is 42.2 Å². The first-order chi connectivity index (χ1) is 31.6. The number of esters is 4. The molecule has 0 aliphatic rings. The maximum absolute atomic E-state index is 12.6. The Labute approximate surface area is 377 Å². The van der Waals surface area contributed by atoms with Crippen LogP contribution in [0.5, 0.6) is 23.0 Å². The van der Waals surface area contributed by atoms with Crippen molar-refractivity contribution in [1.82, 2.24) is 0 Å². The average Bonchev–Trinajstić information content (AvgIpc) is 3.34. The molecule has 16 nitrogen and oxygen atoms in total. The summed E-state index contributed by atoms with van der Waals surface area (Å²) < 4.78 is 65.5. The first-order valence-electron chi connectivity index (χ1n) is 20.7. The summed E-state index contributed by atoms with van der Waals surface area (Å²) in [6.07, 6.45) is -1.34. The second-order valence-electron chi connectivity index (χ2n) is 14.1. The van der Waals surface area contributed by atoms with Crippen LogP contribution in [0.1, 0.15) is 62.2 Å². The fraction of sp³-hybridized carbons (Fsp3) is 0.306. The van der Waals surface area contributed by atoms with Crippen LogP contribution in [0, 0.1) is 0 Å². The Hall–Kier alpha value is -6.98. The third kappa shape index (κ3) is 18.3. The molecule has 0 amide bonds. The Balaban J connectivity index is 0.869. The summed E-state index contributed by atoms with van der Waals surface area (Å²) in [4.78, 5) is 49.6. The molecule has 5 rings (SSSR count). The summed E-state index contributed by atoms with van der Waals surface area (Å²) in [5, 5.41) is 0. The van der Waals surface area contributed by atoms with Gasteiger partial charge in [0, 0.05) is 0 Å². The smallest absolute Gasteiger partial charge is 0.338 e. The summed E-state index contributed by atoms with van der Waals surface area (Å²) in [6, 6.07) is 37.0. The van der Waals surface area contributed by atoms with Gasteiger partial charge in [0.25, 0.3) is 0 Å². The van der Waals surface area contributed by atoms with Gasteiger partial charge in [-0.1, -0.05) is 36.4 Å². The summed E-state index contributed by atoms with van der Waals surface area (Å²) in [5.41, 5.74) is 1.44. The van der Waals surface area contributed by atoms with Crippen molar-refractivity contribution in [2.45, 2.75) is 39.1 Å². The zero-order chi connectivity index (χ0) is 46.1. The minimum Gasteiger partial charge on any atom is -0.468 e. The summed E-state index contributed by atoms with van der Waals surface area (Å²) >= 11 is 0. The fourth-order valence-corrected chi connectivity index (χ4v) is 5.23. The van der Waals surface area contributed by atoms with E-state index in [1.165, 1.54) is 0 Å². The Kier molecular flexibility index (Phi) is 20.6. The molecular weight excluding hydrogens is 845 g/mol. The minimum atomic E-state index is -0.545. The largest absolute Gasteiger partial charge is 0.468 e. The normalized spacial score (nSPS) is 12.2. The van der Waals surface area contributed by atoms with E-state index in [2.05, 4.69) is 0 Å². The van der Waals surface area contributed by atoms with Gasteiger partial charge in [-0.05, 0) is 118 Å². The molecule has 0 aliphatic heterocycles. The highest BCUT2D eigenvalue weighted by molar-refractivity contribution is 5.91. The van der Waals surface area contributed by atoms with Gasteiger partial charge in [-0.3, -0.25) is 0 Å². The molecule has 0 fully saturated rings. The van der Waals surface area contributed by atoms with Crippen LogP contribution in [0.3, 0.4) is 0 Å². The molecule has 0 aliphatic carbocycles. The lowest BCUT2D eigenvalue weighted by atomic mass is 10.2. The van der Waals surface area contributed by atoms with Crippen LogP contribution in [0.2, 0.25) is 0 Å². The molecule has 5 aromatic rings. The fourth-order valence-electron chi connectivity index (χ4n) is 5.23. The predicted molar refractivity (Wildman–Crippen MR) is 233 cm³/mol. The van der Waals surface area contributed by atoms with Gasteiger partial charge >= 0.3 is 23.9 Å². The zero-order valence-electron chi connectivity index (χ0n) is 36.3. The number of hydrogen-bond acceptors (Lipinski definition) is 16. The molecule has 65 heavy (non-hydrogen) atoms. The van der Waals surface area contributed by atoms with Gasteiger partial charge < -0.3 is 56.8 Å². The van der Waals surface area contributed by atoms with Crippen LogP contribution >= 0.6 is 0 Å².